The number of hydrogen-bond acceptors (Lipinski definition) is 1. The van der Waals surface area contributed by atoms with Crippen molar-refractivity contribution in [3.8, 4) is 0 Å². The summed E-state index contributed by atoms with van der Waals surface area (Å²) in [5.41, 5.74) is 6.01. The van der Waals surface area contributed by atoms with Gasteiger partial charge in [-0.2, -0.15) is 0 Å². The van der Waals surface area contributed by atoms with Gasteiger partial charge in [-0.05, 0) is 12.8 Å². The van der Waals surface area contributed by atoms with Crippen LogP contribution >= 0.6 is 0 Å². The molecule has 0 amide bonds. The molecule has 0 bridgehead atoms. The van der Waals surface area contributed by atoms with Crippen molar-refractivity contribution in [2.24, 2.45) is 5.73 Å². The van der Waals surface area contributed by atoms with Crippen LogP contribution in [-0.2, 0) is 21.7 Å². The van der Waals surface area contributed by atoms with E-state index in [0.717, 1.165) is 0 Å². The third-order valence-corrected chi connectivity index (χ3v) is 3.15. The van der Waals surface area contributed by atoms with Gasteiger partial charge >= 0.3 is 21.7 Å². The van der Waals surface area contributed by atoms with E-state index in [4.69, 9.17) is 5.73 Å². The first-order valence-electron chi connectivity index (χ1n) is 6.15. The van der Waals surface area contributed by atoms with E-state index in [-0.39, 0.29) is 36.6 Å². The fourth-order valence-electron chi connectivity index (χ4n) is 2.19. The van der Waals surface area contributed by atoms with Crippen LogP contribution in [0.15, 0.2) is 0 Å². The summed E-state index contributed by atoms with van der Waals surface area (Å²) < 4.78 is 0. The maximum absolute atomic E-state index is 6.01. The van der Waals surface area contributed by atoms with Crippen LogP contribution in [0.2, 0.25) is 0 Å². The van der Waals surface area contributed by atoms with Crippen molar-refractivity contribution in [1.29, 1.82) is 0 Å². The van der Waals surface area contributed by atoms with E-state index in [0.29, 0.717) is 6.04 Å². The minimum atomic E-state index is 0. The molecule has 0 aliphatic heterocycles. The summed E-state index contributed by atoms with van der Waals surface area (Å²) >= 11 is 0. The minimum absolute atomic E-state index is 0. The van der Waals surface area contributed by atoms with E-state index in [1.54, 1.807) is 0 Å². The Labute approximate surface area is 119 Å². The van der Waals surface area contributed by atoms with Crippen LogP contribution in [0.3, 0.4) is 0 Å². The Morgan fingerprint density at radius 1 is 0.562 bits per heavy atom. The predicted molar refractivity (Wildman–Crippen MR) is 71.6 cm³/mol. The summed E-state index contributed by atoms with van der Waals surface area (Å²) in [7, 11) is 0. The maximum Gasteiger partial charge on any atom is 2.00 e. The molecule has 0 aromatic heterocycles. The number of nitrogens with two attached hydrogens (primary N) is 1. The molecule has 1 aliphatic rings. The van der Waals surface area contributed by atoms with Gasteiger partial charge in [0.25, 0.3) is 0 Å². The van der Waals surface area contributed by atoms with Crippen molar-refractivity contribution in [1.82, 2.24) is 0 Å². The SMILES string of the molecule is NC1CCCCCCCCCCC1.[CH3-].[CH3-].[Ti+2]. The molecule has 0 unspecified atom stereocenters. The zero-order valence-electron chi connectivity index (χ0n) is 11.4. The quantitative estimate of drug-likeness (QED) is 0.503. The molecular formula is C14H31NTi. The van der Waals surface area contributed by atoms with Gasteiger partial charge in [0.2, 0.25) is 0 Å². The van der Waals surface area contributed by atoms with Crippen LogP contribution in [0, 0.1) is 14.9 Å². The molecule has 1 fully saturated rings. The molecule has 1 rings (SSSR count). The second kappa shape index (κ2) is 15.7. The molecule has 2 heteroatoms. The molecule has 0 aromatic carbocycles. The van der Waals surface area contributed by atoms with Gasteiger partial charge in [-0.25, -0.2) is 0 Å². The maximum atomic E-state index is 6.01. The van der Waals surface area contributed by atoms with Crippen molar-refractivity contribution in [3.05, 3.63) is 14.9 Å². The number of rotatable bonds is 0. The Hall–Kier alpha value is 0.674. The molecule has 0 atom stereocenters. The van der Waals surface area contributed by atoms with Crippen LogP contribution in [0.25, 0.3) is 0 Å². The van der Waals surface area contributed by atoms with Crippen molar-refractivity contribution in [2.45, 2.75) is 76.7 Å². The zero-order chi connectivity index (χ0) is 9.36. The summed E-state index contributed by atoms with van der Waals surface area (Å²) in [6.45, 7) is 0. The fourth-order valence-corrected chi connectivity index (χ4v) is 2.19. The van der Waals surface area contributed by atoms with Crippen LogP contribution in [0.1, 0.15) is 70.6 Å². The first kappa shape index (κ1) is 21.9. The van der Waals surface area contributed by atoms with Gasteiger partial charge in [-0.1, -0.05) is 57.8 Å². The predicted octanol–water partition coefficient (Wildman–Crippen LogP) is 4.52. The fraction of sp³-hybridized carbons (Fsp3) is 0.857. The summed E-state index contributed by atoms with van der Waals surface area (Å²) in [6, 6.07) is 0.499. The second-order valence-corrected chi connectivity index (χ2v) is 4.52. The third-order valence-electron chi connectivity index (χ3n) is 3.15. The van der Waals surface area contributed by atoms with Crippen LogP contribution in [0.5, 0.6) is 0 Å². The van der Waals surface area contributed by atoms with Crippen molar-refractivity contribution in [3.63, 3.8) is 0 Å². The first-order valence-corrected chi connectivity index (χ1v) is 6.15. The molecular weight excluding hydrogens is 230 g/mol. The largest absolute Gasteiger partial charge is 2.00 e. The second-order valence-electron chi connectivity index (χ2n) is 4.52. The Kier molecular flexibility index (Phi) is 21.5. The van der Waals surface area contributed by atoms with Crippen LogP contribution in [-0.4, -0.2) is 6.04 Å². The average molecular weight is 261 g/mol. The number of hydrogen-bond donors (Lipinski definition) is 1. The van der Waals surface area contributed by atoms with E-state index < -0.39 is 0 Å². The summed E-state index contributed by atoms with van der Waals surface area (Å²) in [5, 5.41) is 0. The normalized spacial score (nSPS) is 20.1. The Morgan fingerprint density at radius 2 is 0.812 bits per heavy atom. The van der Waals surface area contributed by atoms with Crippen molar-refractivity contribution < 1.29 is 21.7 Å². The van der Waals surface area contributed by atoms with E-state index >= 15 is 0 Å². The standard InChI is InChI=1S/C12H25N.2CH3.Ti/c13-12-10-8-6-4-2-1-3-5-7-9-11-12;;;/h12H,1-11,13H2;2*1H3;/q;2*-1;+2. The monoisotopic (exact) mass is 261 g/mol. The topological polar surface area (TPSA) is 26.0 Å². The molecule has 1 aliphatic carbocycles. The van der Waals surface area contributed by atoms with Gasteiger partial charge in [0.05, 0.1) is 0 Å². The molecule has 2 N–H and O–H groups in total. The van der Waals surface area contributed by atoms with Crippen LogP contribution in [0.4, 0.5) is 0 Å². The van der Waals surface area contributed by atoms with E-state index in [1.807, 2.05) is 0 Å². The summed E-state index contributed by atoms with van der Waals surface area (Å²) in [5.74, 6) is 0. The van der Waals surface area contributed by atoms with Gasteiger partial charge in [-0.3, -0.25) is 0 Å². The summed E-state index contributed by atoms with van der Waals surface area (Å²) in [6.07, 6.45) is 15.3. The molecule has 16 heavy (non-hydrogen) atoms. The smallest absolute Gasteiger partial charge is 0.358 e. The average Bonchev–Trinajstić information content (AvgIpc) is 2.11. The first-order chi connectivity index (χ1) is 6.39. The molecule has 1 nitrogen and oxygen atoms in total. The molecule has 1 saturated carbocycles. The molecule has 96 valence electrons. The molecule has 0 spiro atoms. The molecule has 0 heterocycles. The Morgan fingerprint density at radius 3 is 1.12 bits per heavy atom. The Balaban J connectivity index is -0.000000563. The van der Waals surface area contributed by atoms with Gasteiger partial charge in [-0.15, -0.1) is 0 Å². The van der Waals surface area contributed by atoms with E-state index in [9.17, 15) is 0 Å². The third kappa shape index (κ3) is 12.7. The zero-order valence-corrected chi connectivity index (χ0v) is 13.0. The van der Waals surface area contributed by atoms with Crippen LogP contribution < -0.4 is 5.73 Å². The Bertz CT molecular complexity index is 105. The van der Waals surface area contributed by atoms with E-state index in [2.05, 4.69) is 0 Å². The molecule has 0 saturated heterocycles. The van der Waals surface area contributed by atoms with Crippen molar-refractivity contribution in [2.75, 3.05) is 0 Å². The molecule has 0 radical (unpaired) electrons. The van der Waals surface area contributed by atoms with Gasteiger partial charge in [0, 0.05) is 6.04 Å². The van der Waals surface area contributed by atoms with Gasteiger partial charge in [0.15, 0.2) is 0 Å². The van der Waals surface area contributed by atoms with Gasteiger partial charge < -0.3 is 20.6 Å². The molecule has 0 aromatic rings. The summed E-state index contributed by atoms with van der Waals surface area (Å²) in [4.78, 5) is 0. The van der Waals surface area contributed by atoms with Gasteiger partial charge in [0.1, 0.15) is 0 Å². The minimum Gasteiger partial charge on any atom is -0.358 e. The van der Waals surface area contributed by atoms with E-state index in [1.165, 1.54) is 70.6 Å². The van der Waals surface area contributed by atoms with Crippen molar-refractivity contribution >= 4 is 0 Å².